The fraction of sp³-hybridized carbons (Fsp3) is 0.0952. The molecule has 1 aromatic carbocycles. The second-order valence-electron chi connectivity index (χ2n) is 7.00. The summed E-state index contributed by atoms with van der Waals surface area (Å²) in [6.07, 6.45) is -2.84. The number of nitrogens with two attached hydrogens (primary N) is 2. The van der Waals surface area contributed by atoms with Crippen LogP contribution in [-0.2, 0) is 6.18 Å². The maximum atomic E-state index is 14.9. The van der Waals surface area contributed by atoms with Gasteiger partial charge in [0, 0.05) is 11.8 Å². The molecule has 0 saturated heterocycles. The Morgan fingerprint density at radius 1 is 1.14 bits per heavy atom. The van der Waals surface area contributed by atoms with Gasteiger partial charge in [-0.05, 0) is 30.3 Å². The van der Waals surface area contributed by atoms with Crippen molar-refractivity contribution in [2.75, 3.05) is 12.8 Å². The molecule has 0 bridgehead atoms. The van der Waals surface area contributed by atoms with Crippen molar-refractivity contribution in [2.45, 2.75) is 6.18 Å². The molecule has 186 valence electrons. The third-order valence-electron chi connectivity index (χ3n) is 4.77. The second kappa shape index (κ2) is 9.30. The molecular weight excluding hydrogens is 510 g/mol. The molecule has 0 aliphatic rings. The van der Waals surface area contributed by atoms with Crippen LogP contribution in [0.1, 0.15) is 16.1 Å². The van der Waals surface area contributed by atoms with E-state index in [0.717, 1.165) is 18.5 Å². The lowest BCUT2D eigenvalue weighted by Crippen LogP contribution is -2.21. The third-order valence-corrected chi connectivity index (χ3v) is 5.12. The molecule has 0 aliphatic heterocycles. The molecule has 3 aromatic heterocycles. The molecule has 3 heterocycles. The van der Waals surface area contributed by atoms with Crippen LogP contribution in [0.2, 0.25) is 5.02 Å². The maximum Gasteiger partial charge on any atom is 0.434 e. The number of nitrogens with zero attached hydrogens (tertiary/aromatic N) is 5. The van der Waals surface area contributed by atoms with Gasteiger partial charge in [-0.15, -0.1) is 0 Å². The maximum absolute atomic E-state index is 14.9. The number of alkyl halides is 3. The molecule has 4 aromatic rings. The molecule has 0 aliphatic carbocycles. The molecule has 0 saturated carbocycles. The van der Waals surface area contributed by atoms with Gasteiger partial charge in [-0.3, -0.25) is 4.79 Å². The SMILES string of the molecule is COc1cccnc1-n1nc(-c2ccc(Oc3ncnc(N)c3Cl)c(F)c2)c(C(N)=O)c1C(F)(F)F. The first kappa shape index (κ1) is 24.7. The predicted octanol–water partition coefficient (Wildman–Crippen LogP) is 4.02. The van der Waals surface area contributed by atoms with Gasteiger partial charge in [0.2, 0.25) is 5.88 Å². The summed E-state index contributed by atoms with van der Waals surface area (Å²) in [4.78, 5) is 23.5. The number of hydrogen-bond donors (Lipinski definition) is 2. The molecule has 10 nitrogen and oxygen atoms in total. The van der Waals surface area contributed by atoms with E-state index in [-0.39, 0.29) is 39.6 Å². The van der Waals surface area contributed by atoms with Gasteiger partial charge in [0.05, 0.1) is 12.7 Å². The monoisotopic (exact) mass is 523 g/mol. The number of benzene rings is 1. The van der Waals surface area contributed by atoms with Gasteiger partial charge in [0.25, 0.3) is 5.91 Å². The highest BCUT2D eigenvalue weighted by Crippen LogP contribution is 2.40. The standard InChI is InChI=1S/C21H14ClF4N7O3/c1-35-12-3-2-6-29-19(12)33-16(21(24,25)26)13(18(28)34)15(32-33)9-4-5-11(10(23)7-9)36-20-14(22)17(27)30-8-31-20/h2-8H,1H3,(H2,28,34)(H2,27,30,31). The van der Waals surface area contributed by atoms with E-state index in [1.165, 1.54) is 31.5 Å². The number of amides is 1. The normalized spacial score (nSPS) is 11.4. The molecule has 0 fully saturated rings. The fourth-order valence-corrected chi connectivity index (χ4v) is 3.38. The van der Waals surface area contributed by atoms with Crippen molar-refractivity contribution in [1.29, 1.82) is 0 Å². The molecule has 0 unspecified atom stereocenters. The molecular formula is C21H14ClF4N7O3. The van der Waals surface area contributed by atoms with E-state index in [0.29, 0.717) is 4.68 Å². The van der Waals surface area contributed by atoms with Crippen molar-refractivity contribution >= 4 is 23.3 Å². The highest BCUT2D eigenvalue weighted by Gasteiger charge is 2.43. The zero-order valence-electron chi connectivity index (χ0n) is 18.0. The van der Waals surface area contributed by atoms with Gasteiger partial charge in [-0.1, -0.05) is 11.6 Å². The lowest BCUT2D eigenvalue weighted by atomic mass is 10.0. The Kier molecular flexibility index (Phi) is 6.37. The number of carbonyl (C=O) groups excluding carboxylic acids is 1. The van der Waals surface area contributed by atoms with Crippen LogP contribution in [0.3, 0.4) is 0 Å². The van der Waals surface area contributed by atoms with Gasteiger partial charge in [0.15, 0.2) is 28.8 Å². The number of primary amides is 1. The van der Waals surface area contributed by atoms with Crippen LogP contribution >= 0.6 is 11.6 Å². The van der Waals surface area contributed by atoms with Crippen molar-refractivity contribution < 1.29 is 31.8 Å². The lowest BCUT2D eigenvalue weighted by Gasteiger charge is -2.13. The largest absolute Gasteiger partial charge is 0.493 e. The van der Waals surface area contributed by atoms with Crippen molar-refractivity contribution in [2.24, 2.45) is 5.73 Å². The van der Waals surface area contributed by atoms with Gasteiger partial charge in [-0.25, -0.2) is 19.0 Å². The van der Waals surface area contributed by atoms with E-state index in [4.69, 9.17) is 32.5 Å². The second-order valence-corrected chi connectivity index (χ2v) is 7.38. The zero-order chi connectivity index (χ0) is 26.2. The quantitative estimate of drug-likeness (QED) is 0.361. The van der Waals surface area contributed by atoms with E-state index < -0.39 is 34.9 Å². The first-order valence-electron chi connectivity index (χ1n) is 9.76. The Labute approximate surface area is 204 Å². The Morgan fingerprint density at radius 3 is 2.53 bits per heavy atom. The van der Waals surface area contributed by atoms with E-state index in [9.17, 15) is 22.4 Å². The summed E-state index contributed by atoms with van der Waals surface area (Å²) in [6, 6.07) is 5.84. The predicted molar refractivity (Wildman–Crippen MR) is 118 cm³/mol. The number of halogens is 5. The molecule has 15 heteroatoms. The molecule has 0 atom stereocenters. The molecule has 1 amide bonds. The van der Waals surface area contributed by atoms with Gasteiger partial charge < -0.3 is 20.9 Å². The summed E-state index contributed by atoms with van der Waals surface area (Å²) < 4.78 is 68.0. The van der Waals surface area contributed by atoms with E-state index >= 15 is 0 Å². The van der Waals surface area contributed by atoms with Crippen molar-refractivity contribution in [1.82, 2.24) is 24.7 Å². The topological polar surface area (TPSA) is 144 Å². The smallest absolute Gasteiger partial charge is 0.434 e. The summed E-state index contributed by atoms with van der Waals surface area (Å²) in [5.41, 5.74) is 7.62. The summed E-state index contributed by atoms with van der Waals surface area (Å²) in [6.45, 7) is 0. The van der Waals surface area contributed by atoms with E-state index in [1.807, 2.05) is 0 Å². The summed E-state index contributed by atoms with van der Waals surface area (Å²) in [5, 5.41) is 3.74. The summed E-state index contributed by atoms with van der Waals surface area (Å²) >= 11 is 5.94. The number of hydrogen-bond acceptors (Lipinski definition) is 8. The molecule has 4 N–H and O–H groups in total. The number of ether oxygens (including phenoxy) is 2. The van der Waals surface area contributed by atoms with Gasteiger partial charge >= 0.3 is 6.18 Å². The van der Waals surface area contributed by atoms with Crippen molar-refractivity contribution in [3.05, 3.63) is 65.0 Å². The number of methoxy groups -OCH3 is 1. The van der Waals surface area contributed by atoms with Crippen LogP contribution < -0.4 is 20.9 Å². The summed E-state index contributed by atoms with van der Waals surface area (Å²) in [7, 11) is 1.22. The van der Waals surface area contributed by atoms with Crippen LogP contribution in [-0.4, -0.2) is 37.7 Å². The van der Waals surface area contributed by atoms with Crippen LogP contribution in [0.5, 0.6) is 17.4 Å². The minimum absolute atomic E-state index is 0.0657. The number of pyridine rings is 1. The minimum atomic E-state index is -5.09. The van der Waals surface area contributed by atoms with Crippen molar-refractivity contribution in [3.63, 3.8) is 0 Å². The molecule has 0 spiro atoms. The number of carbonyl (C=O) groups is 1. The summed E-state index contributed by atoms with van der Waals surface area (Å²) in [5.74, 6) is -3.65. The highest BCUT2D eigenvalue weighted by molar-refractivity contribution is 6.34. The third kappa shape index (κ3) is 4.45. The first-order chi connectivity index (χ1) is 17.0. The number of anilines is 1. The Morgan fingerprint density at radius 2 is 1.89 bits per heavy atom. The Balaban J connectivity index is 1.88. The first-order valence-corrected chi connectivity index (χ1v) is 10.1. The van der Waals surface area contributed by atoms with Crippen LogP contribution in [0.25, 0.3) is 17.1 Å². The number of aromatic nitrogens is 5. The minimum Gasteiger partial charge on any atom is -0.493 e. The van der Waals surface area contributed by atoms with Crippen LogP contribution in [0, 0.1) is 5.82 Å². The van der Waals surface area contributed by atoms with Gasteiger partial charge in [0.1, 0.15) is 22.9 Å². The van der Waals surface area contributed by atoms with E-state index in [1.54, 1.807) is 0 Å². The molecule has 4 rings (SSSR count). The fourth-order valence-electron chi connectivity index (χ4n) is 3.24. The Hall–Kier alpha value is -4.46. The molecule has 0 radical (unpaired) electrons. The average Bonchev–Trinajstić information content (AvgIpc) is 3.25. The van der Waals surface area contributed by atoms with Crippen LogP contribution in [0.4, 0.5) is 23.4 Å². The van der Waals surface area contributed by atoms with E-state index in [2.05, 4.69) is 20.1 Å². The van der Waals surface area contributed by atoms with Crippen molar-refractivity contribution in [3.8, 4) is 34.5 Å². The number of rotatable bonds is 6. The average molecular weight is 524 g/mol. The van der Waals surface area contributed by atoms with Crippen LogP contribution in [0.15, 0.2) is 42.9 Å². The number of nitrogen functional groups attached to an aromatic ring is 1. The lowest BCUT2D eigenvalue weighted by molar-refractivity contribution is -0.143. The molecule has 36 heavy (non-hydrogen) atoms. The zero-order valence-corrected chi connectivity index (χ0v) is 18.8. The Bertz CT molecular complexity index is 1480. The highest BCUT2D eigenvalue weighted by atomic mass is 35.5. The van der Waals surface area contributed by atoms with Gasteiger partial charge in [-0.2, -0.15) is 23.3 Å².